The Kier molecular flexibility index (Phi) is 5.46. The van der Waals surface area contributed by atoms with Gasteiger partial charge in [0.15, 0.2) is 0 Å². The average molecular weight is 254 g/mol. The number of piperazine rings is 1. The van der Waals surface area contributed by atoms with Crippen LogP contribution in [0.3, 0.4) is 0 Å². The lowest BCUT2D eigenvalue weighted by Gasteiger charge is -2.47. The summed E-state index contributed by atoms with van der Waals surface area (Å²) in [5.74, 6) is 0. The minimum atomic E-state index is 0.459. The number of hydrogen-bond acceptors (Lipinski definition) is 3. The molecule has 0 aromatic rings. The highest BCUT2D eigenvalue weighted by Crippen LogP contribution is 2.36. The van der Waals surface area contributed by atoms with Crippen LogP contribution in [0.2, 0.25) is 0 Å². The minimum Gasteiger partial charge on any atom is -0.380 e. The Morgan fingerprint density at radius 2 is 2.06 bits per heavy atom. The highest BCUT2D eigenvalue weighted by atomic mass is 16.5. The van der Waals surface area contributed by atoms with Gasteiger partial charge in [0.1, 0.15) is 0 Å². The molecule has 1 spiro atoms. The van der Waals surface area contributed by atoms with E-state index in [0.717, 1.165) is 19.8 Å². The molecular weight excluding hydrogens is 224 g/mol. The molecule has 1 atom stereocenters. The van der Waals surface area contributed by atoms with Crippen LogP contribution in [0, 0.1) is 0 Å². The first kappa shape index (κ1) is 14.3. The summed E-state index contributed by atoms with van der Waals surface area (Å²) in [6.07, 6.45) is 7.99. The molecule has 1 N–H and O–H groups in total. The maximum atomic E-state index is 5.75. The molecule has 0 radical (unpaired) electrons. The van der Waals surface area contributed by atoms with Crippen molar-refractivity contribution in [3.05, 3.63) is 0 Å². The summed E-state index contributed by atoms with van der Waals surface area (Å²) in [6, 6.07) is 0.631. The highest BCUT2D eigenvalue weighted by Gasteiger charge is 2.42. The van der Waals surface area contributed by atoms with Gasteiger partial charge in [0.2, 0.25) is 0 Å². The lowest BCUT2D eigenvalue weighted by Crippen LogP contribution is -2.63. The van der Waals surface area contributed by atoms with Crippen molar-refractivity contribution < 1.29 is 4.74 Å². The van der Waals surface area contributed by atoms with Crippen molar-refractivity contribution in [2.75, 3.05) is 32.8 Å². The van der Waals surface area contributed by atoms with Crippen LogP contribution >= 0.6 is 0 Å². The van der Waals surface area contributed by atoms with Crippen LogP contribution in [0.15, 0.2) is 0 Å². The molecular formula is C15H30N2O. The van der Waals surface area contributed by atoms with Crippen molar-refractivity contribution >= 4 is 0 Å². The molecule has 1 saturated carbocycles. The van der Waals surface area contributed by atoms with Crippen LogP contribution in [-0.2, 0) is 4.74 Å². The maximum absolute atomic E-state index is 5.75. The molecule has 0 bridgehead atoms. The third-order valence-corrected chi connectivity index (χ3v) is 4.63. The zero-order chi connectivity index (χ0) is 12.8. The van der Waals surface area contributed by atoms with Gasteiger partial charge in [0.25, 0.3) is 0 Å². The summed E-state index contributed by atoms with van der Waals surface area (Å²) < 4.78 is 5.75. The number of hydrogen-bond donors (Lipinski definition) is 1. The first-order valence-corrected chi connectivity index (χ1v) is 7.83. The summed E-state index contributed by atoms with van der Waals surface area (Å²) in [5.41, 5.74) is 0.459. The Hall–Kier alpha value is -0.120. The molecule has 1 saturated heterocycles. The Labute approximate surface area is 112 Å². The van der Waals surface area contributed by atoms with Crippen LogP contribution in [0.1, 0.15) is 52.4 Å². The Morgan fingerprint density at radius 1 is 1.28 bits per heavy atom. The molecule has 0 aromatic heterocycles. The predicted octanol–water partition coefficient (Wildman–Crippen LogP) is 2.41. The molecule has 1 heterocycles. The van der Waals surface area contributed by atoms with Crippen molar-refractivity contribution in [3.63, 3.8) is 0 Å². The molecule has 0 aromatic carbocycles. The quantitative estimate of drug-likeness (QED) is 0.737. The molecule has 1 unspecified atom stereocenters. The molecule has 3 nitrogen and oxygen atoms in total. The van der Waals surface area contributed by atoms with Crippen LogP contribution in [0.5, 0.6) is 0 Å². The van der Waals surface area contributed by atoms with E-state index in [-0.39, 0.29) is 0 Å². The Bertz CT molecular complexity index is 239. The van der Waals surface area contributed by atoms with Crippen LogP contribution in [0.25, 0.3) is 0 Å². The van der Waals surface area contributed by atoms with E-state index in [9.17, 15) is 0 Å². The second-order valence-corrected chi connectivity index (χ2v) is 6.13. The number of unbranched alkanes of at least 4 members (excludes halogenated alkanes) is 1. The van der Waals surface area contributed by atoms with E-state index in [1.54, 1.807) is 0 Å². The third-order valence-electron chi connectivity index (χ3n) is 4.63. The van der Waals surface area contributed by atoms with Gasteiger partial charge in [-0.25, -0.2) is 0 Å². The van der Waals surface area contributed by atoms with Gasteiger partial charge in [0.05, 0.1) is 6.61 Å². The third kappa shape index (κ3) is 3.46. The first-order chi connectivity index (χ1) is 8.77. The zero-order valence-electron chi connectivity index (χ0n) is 12.2. The summed E-state index contributed by atoms with van der Waals surface area (Å²) in [4.78, 5) is 2.72. The van der Waals surface area contributed by atoms with Gasteiger partial charge in [-0.3, -0.25) is 4.90 Å². The van der Waals surface area contributed by atoms with E-state index < -0.39 is 0 Å². The van der Waals surface area contributed by atoms with E-state index in [2.05, 4.69) is 24.1 Å². The van der Waals surface area contributed by atoms with Gasteiger partial charge in [-0.2, -0.15) is 0 Å². The fourth-order valence-electron chi connectivity index (χ4n) is 3.44. The van der Waals surface area contributed by atoms with E-state index in [1.165, 1.54) is 51.6 Å². The lowest BCUT2D eigenvalue weighted by atomic mass is 9.91. The van der Waals surface area contributed by atoms with Crippen molar-refractivity contribution in [2.24, 2.45) is 0 Å². The SMILES string of the molecule is CCCCOCCN1CC(C)NCC12CCCC2. The van der Waals surface area contributed by atoms with Crippen LogP contribution in [0.4, 0.5) is 0 Å². The highest BCUT2D eigenvalue weighted by molar-refractivity contribution is 5.01. The smallest absolute Gasteiger partial charge is 0.0593 e. The van der Waals surface area contributed by atoms with E-state index in [4.69, 9.17) is 4.74 Å². The Morgan fingerprint density at radius 3 is 2.78 bits per heavy atom. The van der Waals surface area contributed by atoms with E-state index in [0.29, 0.717) is 11.6 Å². The van der Waals surface area contributed by atoms with Crippen molar-refractivity contribution in [1.82, 2.24) is 10.2 Å². The number of nitrogens with zero attached hydrogens (tertiary/aromatic N) is 1. The normalized spacial score (nSPS) is 28.0. The van der Waals surface area contributed by atoms with Crippen LogP contribution in [-0.4, -0.2) is 49.3 Å². The molecule has 2 fully saturated rings. The van der Waals surface area contributed by atoms with Gasteiger partial charge in [-0.15, -0.1) is 0 Å². The summed E-state index contributed by atoms with van der Waals surface area (Å²) in [6.45, 7) is 9.86. The summed E-state index contributed by atoms with van der Waals surface area (Å²) in [7, 11) is 0. The monoisotopic (exact) mass is 254 g/mol. The summed E-state index contributed by atoms with van der Waals surface area (Å²) >= 11 is 0. The predicted molar refractivity (Wildman–Crippen MR) is 76.0 cm³/mol. The minimum absolute atomic E-state index is 0.459. The molecule has 0 amide bonds. The number of rotatable bonds is 6. The van der Waals surface area contributed by atoms with Crippen molar-refractivity contribution in [3.8, 4) is 0 Å². The average Bonchev–Trinajstić information content (AvgIpc) is 2.83. The maximum Gasteiger partial charge on any atom is 0.0593 e. The first-order valence-electron chi connectivity index (χ1n) is 7.83. The number of ether oxygens (including phenoxy) is 1. The number of nitrogens with one attached hydrogen (secondary N) is 1. The second kappa shape index (κ2) is 6.88. The molecule has 1 aliphatic carbocycles. The van der Waals surface area contributed by atoms with E-state index in [1.807, 2.05) is 0 Å². The molecule has 2 rings (SSSR count). The molecule has 106 valence electrons. The van der Waals surface area contributed by atoms with Crippen molar-refractivity contribution in [2.45, 2.75) is 64.0 Å². The van der Waals surface area contributed by atoms with Gasteiger partial charge in [-0.05, 0) is 26.2 Å². The fourth-order valence-corrected chi connectivity index (χ4v) is 3.44. The summed E-state index contributed by atoms with van der Waals surface area (Å²) in [5, 5.41) is 3.67. The largest absolute Gasteiger partial charge is 0.380 e. The van der Waals surface area contributed by atoms with Crippen molar-refractivity contribution in [1.29, 1.82) is 0 Å². The molecule has 2 aliphatic rings. The van der Waals surface area contributed by atoms with E-state index >= 15 is 0 Å². The fraction of sp³-hybridized carbons (Fsp3) is 1.00. The lowest BCUT2D eigenvalue weighted by molar-refractivity contribution is 0.0148. The van der Waals surface area contributed by atoms with Gasteiger partial charge >= 0.3 is 0 Å². The molecule has 1 aliphatic heterocycles. The molecule has 3 heteroatoms. The van der Waals surface area contributed by atoms with Crippen LogP contribution < -0.4 is 5.32 Å². The zero-order valence-corrected chi connectivity index (χ0v) is 12.2. The molecule has 18 heavy (non-hydrogen) atoms. The van der Waals surface area contributed by atoms with Gasteiger partial charge < -0.3 is 10.1 Å². The second-order valence-electron chi connectivity index (χ2n) is 6.13. The van der Waals surface area contributed by atoms with Gasteiger partial charge in [-0.1, -0.05) is 26.2 Å². The van der Waals surface area contributed by atoms with Gasteiger partial charge in [0, 0.05) is 37.8 Å². The Balaban J connectivity index is 1.78. The standard InChI is InChI=1S/C15H30N2O/c1-3-4-10-18-11-9-17-12-14(2)16-13-15(17)7-5-6-8-15/h14,16H,3-13H2,1-2H3. The topological polar surface area (TPSA) is 24.5 Å².